The zero-order chi connectivity index (χ0) is 14.8. The van der Waals surface area contributed by atoms with Crippen LogP contribution < -0.4 is 4.90 Å². The molecule has 0 spiro atoms. The summed E-state index contributed by atoms with van der Waals surface area (Å²) in [7, 11) is 0. The molecule has 4 rings (SSSR count). The normalized spacial score (nSPS) is 20.5. The van der Waals surface area contributed by atoms with E-state index in [1.807, 2.05) is 0 Å². The summed E-state index contributed by atoms with van der Waals surface area (Å²) < 4.78 is 0. The number of nitrogens with zero attached hydrogens (tertiary/aromatic N) is 1. The van der Waals surface area contributed by atoms with E-state index in [4.69, 9.17) is 0 Å². The lowest BCUT2D eigenvalue weighted by Crippen LogP contribution is -2.48. The van der Waals surface area contributed by atoms with E-state index >= 15 is 0 Å². The van der Waals surface area contributed by atoms with E-state index in [9.17, 15) is 0 Å². The SMILES string of the molecule is c1ccc([C@@H]2CN(c3ccccc3)[C@H]2c2ccccc2)cc1. The number of anilines is 1. The molecular weight excluding hydrogens is 266 g/mol. The van der Waals surface area contributed by atoms with Crippen LogP contribution >= 0.6 is 0 Å². The van der Waals surface area contributed by atoms with Crippen molar-refractivity contribution in [1.29, 1.82) is 0 Å². The third-order valence-corrected chi connectivity index (χ3v) is 4.57. The van der Waals surface area contributed by atoms with Crippen molar-refractivity contribution >= 4 is 5.69 Å². The van der Waals surface area contributed by atoms with Crippen molar-refractivity contribution in [2.24, 2.45) is 0 Å². The second-order valence-corrected chi connectivity index (χ2v) is 5.86. The molecule has 1 aliphatic heterocycles. The summed E-state index contributed by atoms with van der Waals surface area (Å²) in [5, 5.41) is 0. The number of para-hydroxylation sites is 1. The van der Waals surface area contributed by atoms with E-state index in [-0.39, 0.29) is 0 Å². The lowest BCUT2D eigenvalue weighted by molar-refractivity contribution is 0.392. The molecule has 1 heterocycles. The Morgan fingerprint density at radius 3 is 1.68 bits per heavy atom. The van der Waals surface area contributed by atoms with Crippen molar-refractivity contribution in [2.45, 2.75) is 12.0 Å². The highest BCUT2D eigenvalue weighted by Gasteiger charge is 2.40. The van der Waals surface area contributed by atoms with Crippen molar-refractivity contribution in [1.82, 2.24) is 0 Å². The first-order chi connectivity index (χ1) is 10.9. The van der Waals surface area contributed by atoms with Gasteiger partial charge in [-0.2, -0.15) is 0 Å². The Labute approximate surface area is 131 Å². The van der Waals surface area contributed by atoms with Crippen LogP contribution in [-0.4, -0.2) is 6.54 Å². The Morgan fingerprint density at radius 2 is 1.09 bits per heavy atom. The highest BCUT2D eigenvalue weighted by Crippen LogP contribution is 2.47. The standard InChI is InChI=1S/C21H19N/c1-4-10-17(11-5-1)20-16-22(19-14-8-3-9-15-19)21(20)18-12-6-2-7-13-18/h1-15,20-21H,16H2/t20-,21-/m0/s1. The molecule has 3 aromatic carbocycles. The molecule has 0 aromatic heterocycles. The van der Waals surface area contributed by atoms with Crippen molar-refractivity contribution in [3.63, 3.8) is 0 Å². The molecule has 0 radical (unpaired) electrons. The summed E-state index contributed by atoms with van der Waals surface area (Å²) in [6, 6.07) is 32.9. The predicted octanol–water partition coefficient (Wildman–Crippen LogP) is 5.03. The molecule has 0 N–H and O–H groups in total. The average molecular weight is 285 g/mol. The van der Waals surface area contributed by atoms with Crippen molar-refractivity contribution < 1.29 is 0 Å². The van der Waals surface area contributed by atoms with Gasteiger partial charge in [0, 0.05) is 18.2 Å². The van der Waals surface area contributed by atoms with E-state index in [1.165, 1.54) is 16.8 Å². The molecule has 1 aliphatic rings. The monoisotopic (exact) mass is 285 g/mol. The zero-order valence-corrected chi connectivity index (χ0v) is 12.5. The van der Waals surface area contributed by atoms with Gasteiger partial charge in [0.05, 0.1) is 6.04 Å². The summed E-state index contributed by atoms with van der Waals surface area (Å²) in [6.07, 6.45) is 0. The first kappa shape index (κ1) is 13.1. The molecular formula is C21H19N. The zero-order valence-electron chi connectivity index (χ0n) is 12.5. The summed E-state index contributed by atoms with van der Waals surface area (Å²) in [4.78, 5) is 2.51. The minimum atomic E-state index is 0.422. The molecule has 22 heavy (non-hydrogen) atoms. The molecule has 0 saturated carbocycles. The van der Waals surface area contributed by atoms with Gasteiger partial charge in [-0.3, -0.25) is 0 Å². The molecule has 1 saturated heterocycles. The van der Waals surface area contributed by atoms with Crippen LogP contribution in [0.15, 0.2) is 91.0 Å². The van der Waals surface area contributed by atoms with E-state index in [0.717, 1.165) is 6.54 Å². The van der Waals surface area contributed by atoms with Gasteiger partial charge in [-0.25, -0.2) is 0 Å². The second-order valence-electron chi connectivity index (χ2n) is 5.86. The summed E-state index contributed by atoms with van der Waals surface area (Å²) in [5.74, 6) is 0.559. The van der Waals surface area contributed by atoms with E-state index in [0.29, 0.717) is 12.0 Å². The van der Waals surface area contributed by atoms with Crippen LogP contribution in [0.4, 0.5) is 5.69 Å². The van der Waals surface area contributed by atoms with Gasteiger partial charge >= 0.3 is 0 Å². The molecule has 0 unspecified atom stereocenters. The van der Waals surface area contributed by atoms with Gasteiger partial charge in [0.15, 0.2) is 0 Å². The highest BCUT2D eigenvalue weighted by atomic mass is 15.2. The van der Waals surface area contributed by atoms with Crippen molar-refractivity contribution in [2.75, 3.05) is 11.4 Å². The van der Waals surface area contributed by atoms with Crippen molar-refractivity contribution in [3.8, 4) is 0 Å². The Kier molecular flexibility index (Phi) is 3.40. The fourth-order valence-corrected chi connectivity index (χ4v) is 3.44. The third kappa shape index (κ3) is 2.29. The second kappa shape index (κ2) is 5.69. The quantitative estimate of drug-likeness (QED) is 0.652. The van der Waals surface area contributed by atoms with Crippen LogP contribution in [0.1, 0.15) is 23.1 Å². The molecule has 0 aliphatic carbocycles. The van der Waals surface area contributed by atoms with Gasteiger partial charge in [-0.1, -0.05) is 78.9 Å². The average Bonchev–Trinajstić information content (AvgIpc) is 2.57. The predicted molar refractivity (Wildman–Crippen MR) is 92.2 cm³/mol. The number of benzene rings is 3. The van der Waals surface area contributed by atoms with Crippen LogP contribution in [0.2, 0.25) is 0 Å². The molecule has 108 valence electrons. The fourth-order valence-electron chi connectivity index (χ4n) is 3.44. The smallest absolute Gasteiger partial charge is 0.0628 e. The Bertz CT molecular complexity index is 676. The van der Waals surface area contributed by atoms with Crippen LogP contribution in [0.25, 0.3) is 0 Å². The molecule has 1 fully saturated rings. The maximum atomic E-state index is 2.51. The fraction of sp³-hybridized carbons (Fsp3) is 0.143. The van der Waals surface area contributed by atoms with Crippen LogP contribution in [0, 0.1) is 0 Å². The largest absolute Gasteiger partial charge is 0.363 e. The topological polar surface area (TPSA) is 3.24 Å². The number of hydrogen-bond donors (Lipinski definition) is 0. The molecule has 1 heteroatoms. The van der Waals surface area contributed by atoms with Gasteiger partial charge in [-0.15, -0.1) is 0 Å². The van der Waals surface area contributed by atoms with Gasteiger partial charge in [-0.05, 0) is 23.3 Å². The van der Waals surface area contributed by atoms with Crippen LogP contribution in [-0.2, 0) is 0 Å². The van der Waals surface area contributed by atoms with E-state index in [2.05, 4.69) is 95.9 Å². The summed E-state index contributed by atoms with van der Waals surface area (Å²) >= 11 is 0. The highest BCUT2D eigenvalue weighted by molar-refractivity contribution is 5.55. The molecule has 1 nitrogen and oxygen atoms in total. The van der Waals surface area contributed by atoms with E-state index in [1.54, 1.807) is 0 Å². The maximum absolute atomic E-state index is 2.51. The Morgan fingerprint density at radius 1 is 0.591 bits per heavy atom. The first-order valence-corrected chi connectivity index (χ1v) is 7.85. The van der Waals surface area contributed by atoms with Gasteiger partial charge < -0.3 is 4.90 Å². The first-order valence-electron chi connectivity index (χ1n) is 7.85. The van der Waals surface area contributed by atoms with Crippen LogP contribution in [0.3, 0.4) is 0 Å². The van der Waals surface area contributed by atoms with Gasteiger partial charge in [0.1, 0.15) is 0 Å². The van der Waals surface area contributed by atoms with Crippen LogP contribution in [0.5, 0.6) is 0 Å². The molecule has 3 aromatic rings. The Hall–Kier alpha value is -2.54. The lowest BCUT2D eigenvalue weighted by Gasteiger charge is -2.50. The summed E-state index contributed by atoms with van der Waals surface area (Å²) in [5.41, 5.74) is 4.14. The molecule has 2 atom stereocenters. The minimum absolute atomic E-state index is 0.422. The minimum Gasteiger partial charge on any atom is -0.363 e. The maximum Gasteiger partial charge on any atom is 0.0628 e. The molecule has 0 bridgehead atoms. The van der Waals surface area contributed by atoms with Gasteiger partial charge in [0.25, 0.3) is 0 Å². The number of rotatable bonds is 3. The van der Waals surface area contributed by atoms with E-state index < -0.39 is 0 Å². The Balaban J connectivity index is 1.71. The third-order valence-electron chi connectivity index (χ3n) is 4.57. The number of hydrogen-bond acceptors (Lipinski definition) is 1. The van der Waals surface area contributed by atoms with Gasteiger partial charge in [0.2, 0.25) is 0 Å². The van der Waals surface area contributed by atoms with Crippen molar-refractivity contribution in [3.05, 3.63) is 102 Å². The molecule has 0 amide bonds. The summed E-state index contributed by atoms with van der Waals surface area (Å²) in [6.45, 7) is 1.08. The lowest BCUT2D eigenvalue weighted by atomic mass is 9.78.